The highest BCUT2D eigenvalue weighted by molar-refractivity contribution is 6.30. The van der Waals surface area contributed by atoms with Gasteiger partial charge >= 0.3 is 12.1 Å². The quantitative estimate of drug-likeness (QED) is 0.208. The number of methoxy groups -OCH3 is 1. The van der Waals surface area contributed by atoms with E-state index in [4.69, 9.17) is 16.3 Å². The lowest BCUT2D eigenvalue weighted by Gasteiger charge is -2.28. The Morgan fingerprint density at radius 3 is 2.02 bits per heavy atom. The first-order chi connectivity index (χ1) is 21.9. The molecule has 0 heterocycles. The van der Waals surface area contributed by atoms with Crippen molar-refractivity contribution in [3.05, 3.63) is 100 Å². The van der Waals surface area contributed by atoms with Crippen molar-refractivity contribution in [3.63, 3.8) is 0 Å². The molecule has 3 aromatic rings. The molecule has 3 aromatic carbocycles. The Morgan fingerprint density at radius 2 is 1.47 bits per heavy atom. The first-order valence-corrected chi connectivity index (χ1v) is 14.4. The third-order valence-electron chi connectivity index (χ3n) is 6.95. The van der Waals surface area contributed by atoms with Gasteiger partial charge in [0, 0.05) is 17.0 Å². The number of hydrogen-bond acceptors (Lipinski definition) is 5. The summed E-state index contributed by atoms with van der Waals surface area (Å²) in [6.07, 6.45) is -5.84. The minimum absolute atomic E-state index is 0.00120. The molecule has 3 N–H and O–H groups in total. The van der Waals surface area contributed by atoms with Gasteiger partial charge in [-0.05, 0) is 53.4 Å². The van der Waals surface area contributed by atoms with E-state index in [1.165, 1.54) is 69.5 Å². The van der Waals surface area contributed by atoms with Crippen molar-refractivity contribution in [2.24, 2.45) is 5.92 Å². The van der Waals surface area contributed by atoms with E-state index in [1.54, 1.807) is 0 Å². The van der Waals surface area contributed by atoms with Crippen LogP contribution in [0.4, 0.5) is 26.3 Å². The number of ketones is 1. The van der Waals surface area contributed by atoms with Crippen molar-refractivity contribution >= 4 is 35.1 Å². The van der Waals surface area contributed by atoms with Gasteiger partial charge < -0.3 is 20.7 Å². The lowest BCUT2D eigenvalue weighted by atomic mass is 9.97. The number of carbonyl (C=O) groups excluding carboxylic acids is 4. The Labute approximate surface area is 270 Å². The molecular formula is C32H30ClF6N3O5. The van der Waals surface area contributed by atoms with Crippen LogP contribution in [-0.2, 0) is 31.5 Å². The van der Waals surface area contributed by atoms with E-state index in [2.05, 4.69) is 5.32 Å². The van der Waals surface area contributed by atoms with E-state index in [0.717, 1.165) is 24.3 Å². The number of nitrogens with one attached hydrogen (secondary N) is 3. The predicted molar refractivity (Wildman–Crippen MR) is 159 cm³/mol. The van der Waals surface area contributed by atoms with Crippen molar-refractivity contribution in [1.82, 2.24) is 16.0 Å². The van der Waals surface area contributed by atoms with E-state index in [-0.39, 0.29) is 16.1 Å². The Bertz CT molecular complexity index is 1600. The molecule has 47 heavy (non-hydrogen) atoms. The number of alkyl halides is 5. The Hall–Kier alpha value is -4.59. The molecule has 0 saturated heterocycles. The fourth-order valence-corrected chi connectivity index (χ4v) is 4.65. The van der Waals surface area contributed by atoms with E-state index in [9.17, 15) is 36.7 Å². The largest absolute Gasteiger partial charge is 0.497 e. The summed E-state index contributed by atoms with van der Waals surface area (Å²) in [6.45, 7) is 2.53. The molecule has 3 atom stereocenters. The average molecular weight is 686 g/mol. The van der Waals surface area contributed by atoms with Crippen molar-refractivity contribution < 1.29 is 50.3 Å². The smallest absolute Gasteiger partial charge is 0.452 e. The molecule has 252 valence electrons. The fourth-order valence-electron chi connectivity index (χ4n) is 4.46. The summed E-state index contributed by atoms with van der Waals surface area (Å²) in [7, 11) is 1.34. The van der Waals surface area contributed by atoms with Crippen LogP contribution in [0.2, 0.25) is 5.02 Å². The van der Waals surface area contributed by atoms with Gasteiger partial charge in [0.2, 0.25) is 11.8 Å². The molecule has 3 rings (SSSR count). The number of ether oxygens (including phenoxy) is 1. The zero-order valence-corrected chi connectivity index (χ0v) is 25.9. The van der Waals surface area contributed by atoms with Crippen LogP contribution in [0.3, 0.4) is 0 Å². The maximum atomic E-state index is 15.2. The summed E-state index contributed by atoms with van der Waals surface area (Å²) < 4.78 is 89.4. The third-order valence-corrected chi connectivity index (χ3v) is 7.18. The number of amides is 3. The number of carbonyl (C=O) groups is 4. The summed E-state index contributed by atoms with van der Waals surface area (Å²) in [5.41, 5.74) is -0.701. The Kier molecular flexibility index (Phi) is 12.0. The van der Waals surface area contributed by atoms with Crippen LogP contribution in [0.15, 0.2) is 72.8 Å². The van der Waals surface area contributed by atoms with Crippen LogP contribution in [-0.4, -0.2) is 48.9 Å². The molecule has 15 heteroatoms. The van der Waals surface area contributed by atoms with E-state index in [0.29, 0.717) is 5.75 Å². The number of Topliss-reactive ketones (excluding diaryl/α,β-unsaturated/α-hetero) is 1. The van der Waals surface area contributed by atoms with Gasteiger partial charge in [0.05, 0.1) is 13.2 Å². The molecule has 0 fully saturated rings. The van der Waals surface area contributed by atoms with Crippen molar-refractivity contribution in [2.45, 2.75) is 50.5 Å². The summed E-state index contributed by atoms with van der Waals surface area (Å²) >= 11 is 5.80. The first kappa shape index (κ1) is 36.9. The van der Waals surface area contributed by atoms with Crippen molar-refractivity contribution in [1.29, 1.82) is 0 Å². The van der Waals surface area contributed by atoms with Gasteiger partial charge in [0.25, 0.3) is 11.7 Å². The number of benzene rings is 3. The minimum atomic E-state index is -5.30. The summed E-state index contributed by atoms with van der Waals surface area (Å²) in [5.74, 6) is -12.3. The van der Waals surface area contributed by atoms with Crippen LogP contribution in [0.25, 0.3) is 0 Å². The lowest BCUT2D eigenvalue weighted by molar-refractivity contribution is -0.175. The molecular weight excluding hydrogens is 656 g/mol. The van der Waals surface area contributed by atoms with Crippen molar-refractivity contribution in [2.75, 3.05) is 7.11 Å². The minimum Gasteiger partial charge on any atom is -0.497 e. The second-order valence-electron chi connectivity index (χ2n) is 10.8. The predicted octanol–water partition coefficient (Wildman–Crippen LogP) is 5.44. The fraction of sp³-hybridized carbons (Fsp3) is 0.312. The van der Waals surface area contributed by atoms with Gasteiger partial charge in [0.15, 0.2) is 0 Å². The molecule has 8 nitrogen and oxygen atoms in total. The highest BCUT2D eigenvalue weighted by Gasteiger charge is 2.46. The van der Waals surface area contributed by atoms with Gasteiger partial charge in [0.1, 0.15) is 23.7 Å². The van der Waals surface area contributed by atoms with Gasteiger partial charge in [-0.3, -0.25) is 19.2 Å². The molecule has 0 aromatic heterocycles. The molecule has 0 unspecified atom stereocenters. The van der Waals surface area contributed by atoms with Gasteiger partial charge in [-0.25, -0.2) is 4.39 Å². The molecule has 0 aliphatic heterocycles. The summed E-state index contributed by atoms with van der Waals surface area (Å²) in [6, 6.07) is 8.62. The SMILES string of the molecule is COc1ccc([C@H](NC(=O)[C@H](Cc2cccc(F)c2)NC(=O)C(F)(F)c2cccc(Cl)c2)C(=O)N[C@H](C(=O)C(F)(F)F)C(C)C)cc1. The van der Waals surface area contributed by atoms with Crippen LogP contribution < -0.4 is 20.7 Å². The lowest BCUT2D eigenvalue weighted by Crippen LogP contribution is -2.56. The average Bonchev–Trinajstić information content (AvgIpc) is 3.01. The molecule has 0 bridgehead atoms. The number of rotatable bonds is 13. The molecule has 3 amide bonds. The van der Waals surface area contributed by atoms with E-state index < -0.39 is 77.4 Å². The Morgan fingerprint density at radius 1 is 0.830 bits per heavy atom. The van der Waals surface area contributed by atoms with Gasteiger partial charge in [-0.15, -0.1) is 0 Å². The molecule has 0 spiro atoms. The highest BCUT2D eigenvalue weighted by Crippen LogP contribution is 2.30. The topological polar surface area (TPSA) is 114 Å². The maximum Gasteiger partial charge on any atom is 0.452 e. The molecule has 0 saturated carbocycles. The third kappa shape index (κ3) is 9.70. The van der Waals surface area contributed by atoms with Crippen LogP contribution in [0.5, 0.6) is 5.75 Å². The highest BCUT2D eigenvalue weighted by atomic mass is 35.5. The molecule has 0 aliphatic rings. The summed E-state index contributed by atoms with van der Waals surface area (Å²) in [5, 5.41) is 6.13. The number of halogens is 7. The normalized spacial score (nSPS) is 13.7. The zero-order chi connectivity index (χ0) is 35.1. The summed E-state index contributed by atoms with van der Waals surface area (Å²) in [4.78, 5) is 52.1. The zero-order valence-electron chi connectivity index (χ0n) is 25.1. The maximum absolute atomic E-state index is 15.2. The molecule has 0 aliphatic carbocycles. The van der Waals surface area contributed by atoms with Crippen molar-refractivity contribution in [3.8, 4) is 5.75 Å². The number of hydrogen-bond donors (Lipinski definition) is 3. The van der Waals surface area contributed by atoms with Gasteiger partial charge in [-0.1, -0.05) is 61.8 Å². The van der Waals surface area contributed by atoms with Crippen LogP contribution in [0.1, 0.15) is 36.6 Å². The second kappa shape index (κ2) is 15.3. The van der Waals surface area contributed by atoms with Gasteiger partial charge in [-0.2, -0.15) is 22.0 Å². The van der Waals surface area contributed by atoms with Crippen LogP contribution >= 0.6 is 11.6 Å². The van der Waals surface area contributed by atoms with E-state index >= 15 is 8.78 Å². The standard InChI is InChI=1S/C32H30ClF6N3O5/c1-17(2)25(27(43)32(37,38)39)41-29(45)26(19-10-12-23(47-3)13-11-19)42-28(44)24(15-18-6-4-9-22(34)14-18)40-30(46)31(35,36)20-7-5-8-21(33)16-20/h4-14,16-17,24-26H,15H2,1-3H3,(H,40,46)(H,41,45)(H,42,44)/t24-,25-,26-/m0/s1. The van der Waals surface area contributed by atoms with Crippen LogP contribution in [0, 0.1) is 11.7 Å². The first-order valence-electron chi connectivity index (χ1n) is 14.0. The Balaban J connectivity index is 2.00. The second-order valence-corrected chi connectivity index (χ2v) is 11.2. The van der Waals surface area contributed by atoms with E-state index in [1.807, 2.05) is 10.6 Å². The molecule has 0 radical (unpaired) electrons. The monoisotopic (exact) mass is 685 g/mol.